The fourth-order valence-electron chi connectivity index (χ4n) is 3.01. The summed E-state index contributed by atoms with van der Waals surface area (Å²) in [7, 11) is 1.93. The number of aromatic nitrogens is 6. The first kappa shape index (κ1) is 17.2. The molecular weight excluding hydrogens is 362 g/mol. The molecule has 4 aromatic rings. The Morgan fingerprint density at radius 1 is 1.26 bits per heavy atom. The number of benzene rings is 1. The van der Waals surface area contributed by atoms with Crippen molar-refractivity contribution in [2.45, 2.75) is 13.5 Å². The number of anilines is 1. The molecule has 0 fully saturated rings. The number of hydrogen-bond acceptors (Lipinski definition) is 5. The lowest BCUT2D eigenvalue weighted by Gasteiger charge is -2.12. The van der Waals surface area contributed by atoms with E-state index in [1.165, 1.54) is 0 Å². The maximum atomic E-state index is 6.12. The van der Waals surface area contributed by atoms with Crippen molar-refractivity contribution in [1.29, 1.82) is 0 Å². The van der Waals surface area contributed by atoms with Gasteiger partial charge in [0.05, 0.1) is 17.6 Å². The van der Waals surface area contributed by atoms with Gasteiger partial charge in [-0.2, -0.15) is 10.1 Å². The number of imidazole rings is 1. The zero-order valence-corrected chi connectivity index (χ0v) is 15.8. The average molecular weight is 380 g/mol. The minimum absolute atomic E-state index is 0.144. The van der Waals surface area contributed by atoms with E-state index in [0.29, 0.717) is 18.0 Å². The number of halogens is 1. The van der Waals surface area contributed by atoms with Crippen LogP contribution in [-0.4, -0.2) is 29.4 Å². The summed E-state index contributed by atoms with van der Waals surface area (Å²) in [5, 5.41) is 12.0. The van der Waals surface area contributed by atoms with E-state index in [1.54, 1.807) is 16.9 Å². The molecule has 136 valence electrons. The summed E-state index contributed by atoms with van der Waals surface area (Å²) >= 11 is 6.12. The van der Waals surface area contributed by atoms with Crippen LogP contribution >= 0.6 is 11.6 Å². The van der Waals surface area contributed by atoms with Crippen LogP contribution in [0.15, 0.2) is 49.3 Å². The Hall–Kier alpha value is -3.19. The number of hydrogen-bond donors (Lipinski definition) is 1. The SMILES string of the molecule is C=C(C)c1cnc2c(NCc3ccccc3-c3ccnn3C)nc(Cl)nn12. The van der Waals surface area contributed by atoms with Crippen molar-refractivity contribution in [3.8, 4) is 11.3 Å². The van der Waals surface area contributed by atoms with Gasteiger partial charge in [0, 0.05) is 25.4 Å². The monoisotopic (exact) mass is 379 g/mol. The van der Waals surface area contributed by atoms with E-state index >= 15 is 0 Å². The van der Waals surface area contributed by atoms with Crippen molar-refractivity contribution in [2.24, 2.45) is 7.05 Å². The van der Waals surface area contributed by atoms with E-state index in [-0.39, 0.29) is 5.28 Å². The lowest BCUT2D eigenvalue weighted by Crippen LogP contribution is -2.08. The Morgan fingerprint density at radius 3 is 2.81 bits per heavy atom. The molecule has 8 heteroatoms. The molecule has 0 aliphatic heterocycles. The maximum absolute atomic E-state index is 6.12. The Kier molecular flexibility index (Phi) is 4.37. The second-order valence-corrected chi connectivity index (χ2v) is 6.58. The largest absolute Gasteiger partial charge is 0.363 e. The molecule has 0 amide bonds. The Morgan fingerprint density at radius 2 is 2.07 bits per heavy atom. The van der Waals surface area contributed by atoms with Gasteiger partial charge in [0.1, 0.15) is 0 Å². The summed E-state index contributed by atoms with van der Waals surface area (Å²) in [5.41, 5.74) is 5.52. The average Bonchev–Trinajstić information content (AvgIpc) is 3.26. The Balaban J connectivity index is 1.69. The maximum Gasteiger partial charge on any atom is 0.243 e. The van der Waals surface area contributed by atoms with E-state index in [0.717, 1.165) is 28.1 Å². The van der Waals surface area contributed by atoms with Crippen molar-refractivity contribution in [2.75, 3.05) is 5.32 Å². The van der Waals surface area contributed by atoms with E-state index in [2.05, 4.69) is 44.2 Å². The molecule has 3 aromatic heterocycles. The van der Waals surface area contributed by atoms with Crippen molar-refractivity contribution >= 4 is 28.6 Å². The third-order valence-electron chi connectivity index (χ3n) is 4.33. The highest BCUT2D eigenvalue weighted by Crippen LogP contribution is 2.25. The van der Waals surface area contributed by atoms with Gasteiger partial charge in [-0.05, 0) is 35.7 Å². The van der Waals surface area contributed by atoms with Gasteiger partial charge in [-0.3, -0.25) is 4.68 Å². The molecule has 7 nitrogen and oxygen atoms in total. The van der Waals surface area contributed by atoms with Crippen LogP contribution in [-0.2, 0) is 13.6 Å². The molecule has 0 aliphatic carbocycles. The fraction of sp³-hybridized carbons (Fsp3) is 0.158. The molecule has 0 bridgehead atoms. The number of nitrogens with one attached hydrogen (secondary N) is 1. The van der Waals surface area contributed by atoms with Crippen molar-refractivity contribution < 1.29 is 0 Å². The van der Waals surface area contributed by atoms with E-state index < -0.39 is 0 Å². The molecule has 0 unspecified atom stereocenters. The summed E-state index contributed by atoms with van der Waals surface area (Å²) in [6, 6.07) is 10.2. The summed E-state index contributed by atoms with van der Waals surface area (Å²) in [6.07, 6.45) is 3.51. The molecule has 27 heavy (non-hydrogen) atoms. The fourth-order valence-corrected chi connectivity index (χ4v) is 3.17. The van der Waals surface area contributed by atoms with Crippen molar-refractivity contribution in [1.82, 2.24) is 29.4 Å². The molecule has 1 N–H and O–H groups in total. The molecule has 0 radical (unpaired) electrons. The second-order valence-electron chi connectivity index (χ2n) is 6.24. The predicted octanol–water partition coefficient (Wildman–Crippen LogP) is 3.82. The number of allylic oxidation sites excluding steroid dienone is 1. The van der Waals surface area contributed by atoms with Gasteiger partial charge in [-0.15, -0.1) is 5.10 Å². The smallest absolute Gasteiger partial charge is 0.243 e. The van der Waals surface area contributed by atoms with Crippen LogP contribution in [0, 0.1) is 0 Å². The van der Waals surface area contributed by atoms with Gasteiger partial charge in [-0.1, -0.05) is 30.8 Å². The highest BCUT2D eigenvalue weighted by atomic mass is 35.5. The summed E-state index contributed by atoms with van der Waals surface area (Å²) in [4.78, 5) is 8.73. The van der Waals surface area contributed by atoms with Crippen molar-refractivity contribution in [3.05, 3.63) is 65.8 Å². The molecule has 0 spiro atoms. The number of nitrogens with zero attached hydrogens (tertiary/aromatic N) is 6. The predicted molar refractivity (Wildman–Crippen MR) is 106 cm³/mol. The number of rotatable bonds is 5. The minimum Gasteiger partial charge on any atom is -0.363 e. The number of fused-ring (bicyclic) bond motifs is 1. The van der Waals surface area contributed by atoms with E-state index in [9.17, 15) is 0 Å². The molecule has 0 saturated heterocycles. The molecular formula is C19H18ClN7. The highest BCUT2D eigenvalue weighted by Gasteiger charge is 2.14. The molecule has 4 rings (SSSR count). The lowest BCUT2D eigenvalue weighted by atomic mass is 10.0. The molecule has 3 heterocycles. The van der Waals surface area contributed by atoms with Crippen LogP contribution in [0.5, 0.6) is 0 Å². The van der Waals surface area contributed by atoms with E-state index in [1.807, 2.05) is 36.9 Å². The molecule has 0 saturated carbocycles. The van der Waals surface area contributed by atoms with Gasteiger partial charge in [0.15, 0.2) is 11.5 Å². The minimum atomic E-state index is 0.144. The van der Waals surface area contributed by atoms with Crippen LogP contribution in [0.1, 0.15) is 18.2 Å². The second kappa shape index (κ2) is 6.85. The molecule has 1 aromatic carbocycles. The van der Waals surface area contributed by atoms with Gasteiger partial charge in [0.2, 0.25) is 5.28 Å². The Labute approximate surface area is 161 Å². The van der Waals surface area contributed by atoms with Crippen LogP contribution in [0.2, 0.25) is 5.28 Å². The van der Waals surface area contributed by atoms with Gasteiger partial charge in [0.25, 0.3) is 0 Å². The van der Waals surface area contributed by atoms with Gasteiger partial charge < -0.3 is 5.32 Å². The normalized spacial score (nSPS) is 11.1. The first-order valence-electron chi connectivity index (χ1n) is 8.42. The quantitative estimate of drug-likeness (QED) is 0.570. The van der Waals surface area contributed by atoms with Crippen LogP contribution in [0.4, 0.5) is 5.82 Å². The summed E-state index contributed by atoms with van der Waals surface area (Å²) < 4.78 is 3.51. The standard InChI is InChI=1S/C19H18ClN7/c1-12(2)16-11-22-18-17(24-19(20)25-27(16)18)21-10-13-6-4-5-7-14(13)15-8-9-23-26(15)3/h4-9,11H,1,10H2,2-3H3,(H,21,24,25). The highest BCUT2D eigenvalue weighted by molar-refractivity contribution is 6.28. The molecule has 0 atom stereocenters. The zero-order chi connectivity index (χ0) is 19.0. The Bertz CT molecular complexity index is 1140. The number of aryl methyl sites for hydroxylation is 1. The summed E-state index contributed by atoms with van der Waals surface area (Å²) in [6.45, 7) is 6.41. The zero-order valence-electron chi connectivity index (χ0n) is 15.0. The third-order valence-corrected chi connectivity index (χ3v) is 4.49. The van der Waals surface area contributed by atoms with Crippen LogP contribution in [0.25, 0.3) is 22.5 Å². The topological polar surface area (TPSA) is 72.9 Å². The first-order chi connectivity index (χ1) is 13.0. The lowest BCUT2D eigenvalue weighted by molar-refractivity contribution is 0.775. The molecule has 0 aliphatic rings. The van der Waals surface area contributed by atoms with Gasteiger partial charge in [-0.25, -0.2) is 9.50 Å². The van der Waals surface area contributed by atoms with Crippen molar-refractivity contribution in [3.63, 3.8) is 0 Å². The third kappa shape index (κ3) is 3.17. The van der Waals surface area contributed by atoms with Gasteiger partial charge >= 0.3 is 0 Å². The van der Waals surface area contributed by atoms with E-state index in [4.69, 9.17) is 11.6 Å². The van der Waals surface area contributed by atoms with Crippen LogP contribution < -0.4 is 5.32 Å². The summed E-state index contributed by atoms with van der Waals surface area (Å²) in [5.74, 6) is 0.572. The first-order valence-corrected chi connectivity index (χ1v) is 8.79. The van der Waals surface area contributed by atoms with Crippen LogP contribution in [0.3, 0.4) is 0 Å².